The van der Waals surface area contributed by atoms with Gasteiger partial charge in [-0.3, -0.25) is 4.79 Å². The lowest BCUT2D eigenvalue weighted by molar-refractivity contribution is -0.136. The van der Waals surface area contributed by atoms with Crippen LogP contribution >= 0.6 is 11.8 Å². The maximum atomic E-state index is 12.0. The summed E-state index contributed by atoms with van der Waals surface area (Å²) in [5, 5.41) is 8.49. The van der Waals surface area contributed by atoms with Crippen molar-refractivity contribution in [1.82, 2.24) is 4.72 Å². The Balaban J connectivity index is 2.07. The number of nitrogens with one attached hydrogen (secondary N) is 1. The van der Waals surface area contributed by atoms with Crippen molar-refractivity contribution in [3.63, 3.8) is 0 Å². The number of rotatable bonds is 7. The minimum atomic E-state index is -3.44. The molecule has 1 saturated carbocycles. The Labute approximate surface area is 122 Å². The van der Waals surface area contributed by atoms with Crippen LogP contribution in [0.3, 0.4) is 0 Å². The fraction of sp³-hybridized carbons (Fsp3) is 0.462. The average Bonchev–Trinajstić information content (AvgIpc) is 3.19. The molecule has 2 N–H and O–H groups in total. The number of carboxylic acids is 1. The van der Waals surface area contributed by atoms with Gasteiger partial charge in [-0.25, -0.2) is 13.1 Å². The van der Waals surface area contributed by atoms with Crippen molar-refractivity contribution in [2.75, 3.05) is 0 Å². The summed E-state index contributed by atoms with van der Waals surface area (Å²) in [4.78, 5) is 11.9. The summed E-state index contributed by atoms with van der Waals surface area (Å²) in [5.41, 5.74) is 0. The average molecular weight is 315 g/mol. The number of hydrogen-bond acceptors (Lipinski definition) is 4. The Hall–Kier alpha value is -1.05. The predicted molar refractivity (Wildman–Crippen MR) is 77.4 cm³/mol. The van der Waals surface area contributed by atoms with E-state index < -0.39 is 21.2 Å². The van der Waals surface area contributed by atoms with Crippen molar-refractivity contribution in [2.45, 2.75) is 47.3 Å². The molecule has 1 fully saturated rings. The summed E-state index contributed by atoms with van der Waals surface area (Å²) in [7, 11) is -3.44. The molecule has 1 aliphatic carbocycles. The number of carbonyl (C=O) groups is 1. The van der Waals surface area contributed by atoms with Gasteiger partial charge in [0.2, 0.25) is 10.0 Å². The van der Waals surface area contributed by atoms with Crippen LogP contribution in [0.5, 0.6) is 0 Å². The molecule has 110 valence electrons. The second-order valence-electron chi connectivity index (χ2n) is 4.72. The van der Waals surface area contributed by atoms with E-state index in [0.717, 1.165) is 17.7 Å². The van der Waals surface area contributed by atoms with Crippen LogP contribution < -0.4 is 4.72 Å². The SMILES string of the molecule is CCC(Sc1ccc(S(=O)(=O)NC2CC2)cc1)C(=O)O. The van der Waals surface area contributed by atoms with E-state index in [1.807, 2.05) is 6.92 Å². The Bertz CT molecular complexity index is 579. The minimum absolute atomic E-state index is 0.0746. The first kappa shape index (κ1) is 15.3. The molecule has 0 bridgehead atoms. The normalized spacial score (nSPS) is 16.9. The van der Waals surface area contributed by atoms with Crippen LogP contribution in [0, 0.1) is 0 Å². The van der Waals surface area contributed by atoms with E-state index in [1.165, 1.54) is 23.9 Å². The van der Waals surface area contributed by atoms with Gasteiger partial charge in [0.25, 0.3) is 0 Å². The van der Waals surface area contributed by atoms with E-state index >= 15 is 0 Å². The fourth-order valence-corrected chi connectivity index (χ4v) is 3.85. The number of benzene rings is 1. The van der Waals surface area contributed by atoms with Crippen molar-refractivity contribution in [3.8, 4) is 0 Å². The van der Waals surface area contributed by atoms with Crippen LogP contribution in [0.4, 0.5) is 0 Å². The lowest BCUT2D eigenvalue weighted by atomic mass is 10.3. The van der Waals surface area contributed by atoms with Gasteiger partial charge >= 0.3 is 5.97 Å². The third-order valence-corrected chi connectivity index (χ3v) is 5.86. The molecule has 0 aromatic heterocycles. The Morgan fingerprint density at radius 1 is 1.40 bits per heavy atom. The van der Waals surface area contributed by atoms with Crippen molar-refractivity contribution >= 4 is 27.8 Å². The molecule has 0 heterocycles. The number of carboxylic acid groups (broad SMARTS) is 1. The Morgan fingerprint density at radius 3 is 2.45 bits per heavy atom. The van der Waals surface area contributed by atoms with Crippen molar-refractivity contribution in [3.05, 3.63) is 24.3 Å². The molecule has 1 aliphatic rings. The van der Waals surface area contributed by atoms with Crippen LogP contribution in [0.2, 0.25) is 0 Å². The first-order valence-electron chi connectivity index (χ1n) is 6.44. The molecule has 0 spiro atoms. The highest BCUT2D eigenvalue weighted by molar-refractivity contribution is 8.00. The second-order valence-corrected chi connectivity index (χ2v) is 7.71. The van der Waals surface area contributed by atoms with Crippen LogP contribution in [-0.4, -0.2) is 30.8 Å². The van der Waals surface area contributed by atoms with Gasteiger partial charge in [-0.1, -0.05) is 6.92 Å². The second kappa shape index (κ2) is 6.15. The molecular weight excluding hydrogens is 298 g/mol. The summed E-state index contributed by atoms with van der Waals surface area (Å²) < 4.78 is 26.5. The summed E-state index contributed by atoms with van der Waals surface area (Å²) in [5.74, 6) is -0.857. The molecule has 2 rings (SSSR count). The van der Waals surface area contributed by atoms with Gasteiger partial charge in [-0.2, -0.15) is 0 Å². The van der Waals surface area contributed by atoms with E-state index in [-0.39, 0.29) is 10.9 Å². The van der Waals surface area contributed by atoms with Gasteiger partial charge in [0, 0.05) is 10.9 Å². The molecule has 0 radical (unpaired) electrons. The largest absolute Gasteiger partial charge is 0.480 e. The van der Waals surface area contributed by atoms with Crippen LogP contribution in [-0.2, 0) is 14.8 Å². The Morgan fingerprint density at radius 2 is 2.00 bits per heavy atom. The maximum Gasteiger partial charge on any atom is 0.316 e. The highest BCUT2D eigenvalue weighted by Crippen LogP contribution is 2.27. The van der Waals surface area contributed by atoms with Crippen LogP contribution in [0.15, 0.2) is 34.1 Å². The van der Waals surface area contributed by atoms with E-state index in [2.05, 4.69) is 4.72 Å². The van der Waals surface area contributed by atoms with Crippen molar-refractivity contribution < 1.29 is 18.3 Å². The lowest BCUT2D eigenvalue weighted by Gasteiger charge is -2.10. The molecule has 5 nitrogen and oxygen atoms in total. The van der Waals surface area contributed by atoms with Gasteiger partial charge < -0.3 is 5.11 Å². The summed E-state index contributed by atoms with van der Waals surface area (Å²) in [6.45, 7) is 1.81. The van der Waals surface area contributed by atoms with Crippen LogP contribution in [0.1, 0.15) is 26.2 Å². The topological polar surface area (TPSA) is 83.5 Å². The molecule has 0 amide bonds. The third-order valence-electron chi connectivity index (χ3n) is 2.96. The van der Waals surface area contributed by atoms with E-state index in [4.69, 9.17) is 5.11 Å². The molecule has 20 heavy (non-hydrogen) atoms. The fourth-order valence-electron chi connectivity index (χ4n) is 1.66. The van der Waals surface area contributed by atoms with Gasteiger partial charge in [0.1, 0.15) is 5.25 Å². The highest BCUT2D eigenvalue weighted by Gasteiger charge is 2.28. The molecule has 1 aromatic carbocycles. The number of thioether (sulfide) groups is 1. The van der Waals surface area contributed by atoms with Gasteiger partial charge in [0.05, 0.1) is 4.90 Å². The highest BCUT2D eigenvalue weighted by atomic mass is 32.2. The number of hydrogen-bond donors (Lipinski definition) is 2. The first-order valence-corrected chi connectivity index (χ1v) is 8.80. The quantitative estimate of drug-likeness (QED) is 0.753. The smallest absolute Gasteiger partial charge is 0.316 e. The van der Waals surface area contributed by atoms with E-state index in [0.29, 0.717) is 6.42 Å². The molecule has 7 heteroatoms. The molecule has 0 aliphatic heterocycles. The standard InChI is InChI=1S/C13H17NO4S2/c1-2-12(13(15)16)19-10-5-7-11(8-6-10)20(17,18)14-9-3-4-9/h5-9,12,14H,2-4H2,1H3,(H,15,16). The van der Waals surface area contributed by atoms with E-state index in [9.17, 15) is 13.2 Å². The molecule has 1 atom stereocenters. The van der Waals surface area contributed by atoms with Crippen molar-refractivity contribution in [1.29, 1.82) is 0 Å². The third kappa shape index (κ3) is 3.97. The minimum Gasteiger partial charge on any atom is -0.480 e. The maximum absolute atomic E-state index is 12.0. The number of sulfonamides is 1. The molecular formula is C13H17NO4S2. The summed E-state index contributed by atoms with van der Waals surface area (Å²) in [6, 6.07) is 6.41. The zero-order valence-corrected chi connectivity index (χ0v) is 12.7. The first-order chi connectivity index (χ1) is 9.42. The monoisotopic (exact) mass is 315 g/mol. The zero-order valence-electron chi connectivity index (χ0n) is 11.1. The molecule has 1 aromatic rings. The van der Waals surface area contributed by atoms with Gasteiger partial charge in [-0.15, -0.1) is 11.8 Å². The lowest BCUT2D eigenvalue weighted by Crippen LogP contribution is -2.25. The van der Waals surface area contributed by atoms with Gasteiger partial charge in [-0.05, 0) is 43.5 Å². The Kier molecular flexibility index (Phi) is 4.72. The summed E-state index contributed by atoms with van der Waals surface area (Å²) >= 11 is 1.23. The number of aliphatic carboxylic acids is 1. The van der Waals surface area contributed by atoms with E-state index in [1.54, 1.807) is 12.1 Å². The molecule has 1 unspecified atom stereocenters. The predicted octanol–water partition coefficient (Wildman–Crippen LogP) is 2.08. The van der Waals surface area contributed by atoms with Crippen molar-refractivity contribution in [2.24, 2.45) is 0 Å². The van der Waals surface area contributed by atoms with Crippen LogP contribution in [0.25, 0.3) is 0 Å². The summed E-state index contributed by atoms with van der Waals surface area (Å²) in [6.07, 6.45) is 2.30. The zero-order chi connectivity index (χ0) is 14.8. The molecule has 0 saturated heterocycles. The van der Waals surface area contributed by atoms with Gasteiger partial charge in [0.15, 0.2) is 0 Å².